The van der Waals surface area contributed by atoms with Crippen molar-refractivity contribution in [2.24, 2.45) is 5.92 Å². The van der Waals surface area contributed by atoms with Crippen LogP contribution in [0.1, 0.15) is 44.0 Å². The molecule has 4 heteroatoms. The lowest BCUT2D eigenvalue weighted by atomic mass is 10.1. The second kappa shape index (κ2) is 9.40. The Hall–Kier alpha value is -1.55. The van der Waals surface area contributed by atoms with Crippen LogP contribution in [0.25, 0.3) is 0 Å². The maximum atomic E-state index is 10.7. The van der Waals surface area contributed by atoms with E-state index in [-0.39, 0.29) is 5.56 Å². The molecule has 1 aromatic carbocycles. The van der Waals surface area contributed by atoms with Crippen LogP contribution in [0, 0.1) is 5.92 Å². The molecule has 0 amide bonds. The summed E-state index contributed by atoms with van der Waals surface area (Å²) in [4.78, 5) is 13.2. The summed E-state index contributed by atoms with van der Waals surface area (Å²) < 4.78 is 5.65. The number of carbonyl (C=O) groups is 1. The number of carboxylic acid groups (broad SMARTS) is 1. The van der Waals surface area contributed by atoms with Gasteiger partial charge in [-0.2, -0.15) is 0 Å². The Kier molecular flexibility index (Phi) is 7.83. The molecule has 0 aromatic heterocycles. The summed E-state index contributed by atoms with van der Waals surface area (Å²) in [6.45, 7) is 10.6. The number of benzene rings is 1. The van der Waals surface area contributed by atoms with E-state index in [4.69, 9.17) is 9.84 Å². The molecule has 0 saturated heterocycles. The number of hydrogen-bond acceptors (Lipinski definition) is 3. The van der Waals surface area contributed by atoms with Crippen LogP contribution in [-0.4, -0.2) is 42.2 Å². The Labute approximate surface area is 127 Å². The highest BCUT2D eigenvalue weighted by Crippen LogP contribution is 2.12. The number of nitrogens with zero attached hydrogens (tertiary/aromatic N) is 1. The van der Waals surface area contributed by atoms with Gasteiger partial charge in [0.1, 0.15) is 5.75 Å². The molecule has 0 heterocycles. The van der Waals surface area contributed by atoms with E-state index in [0.29, 0.717) is 6.61 Å². The molecule has 0 aliphatic rings. The lowest BCUT2D eigenvalue weighted by molar-refractivity contribution is 0.0697. The SMILES string of the molecule is CCC(C)CN(CC)CCCOc1ccc(C(=O)O)cc1. The zero-order valence-corrected chi connectivity index (χ0v) is 13.3. The van der Waals surface area contributed by atoms with Gasteiger partial charge in [0.25, 0.3) is 0 Å². The summed E-state index contributed by atoms with van der Waals surface area (Å²) in [6, 6.07) is 6.55. The Morgan fingerprint density at radius 2 is 1.95 bits per heavy atom. The van der Waals surface area contributed by atoms with Crippen molar-refractivity contribution in [2.45, 2.75) is 33.6 Å². The first-order chi connectivity index (χ1) is 10.1. The van der Waals surface area contributed by atoms with Crippen LogP contribution in [0.5, 0.6) is 5.75 Å². The molecule has 1 atom stereocenters. The standard InChI is InChI=1S/C17H27NO3/c1-4-14(3)13-18(5-2)11-6-12-21-16-9-7-15(8-10-16)17(19)20/h7-10,14H,4-6,11-13H2,1-3H3,(H,19,20). The Morgan fingerprint density at radius 3 is 2.48 bits per heavy atom. The first-order valence-electron chi connectivity index (χ1n) is 7.75. The molecular weight excluding hydrogens is 266 g/mol. The van der Waals surface area contributed by atoms with Gasteiger partial charge < -0.3 is 14.7 Å². The Balaban J connectivity index is 2.28. The molecule has 4 nitrogen and oxygen atoms in total. The van der Waals surface area contributed by atoms with Gasteiger partial charge in [-0.15, -0.1) is 0 Å². The normalized spacial score (nSPS) is 12.4. The fraction of sp³-hybridized carbons (Fsp3) is 0.588. The molecule has 0 aliphatic heterocycles. The topological polar surface area (TPSA) is 49.8 Å². The molecule has 21 heavy (non-hydrogen) atoms. The second-order valence-electron chi connectivity index (χ2n) is 5.44. The van der Waals surface area contributed by atoms with E-state index in [2.05, 4.69) is 25.7 Å². The largest absolute Gasteiger partial charge is 0.494 e. The van der Waals surface area contributed by atoms with Gasteiger partial charge in [0.2, 0.25) is 0 Å². The van der Waals surface area contributed by atoms with Gasteiger partial charge in [0, 0.05) is 13.1 Å². The van der Waals surface area contributed by atoms with E-state index < -0.39 is 5.97 Å². The summed E-state index contributed by atoms with van der Waals surface area (Å²) in [6.07, 6.45) is 2.19. The van der Waals surface area contributed by atoms with Gasteiger partial charge in [-0.25, -0.2) is 4.79 Å². The zero-order valence-electron chi connectivity index (χ0n) is 13.3. The van der Waals surface area contributed by atoms with Gasteiger partial charge >= 0.3 is 5.97 Å². The quantitative estimate of drug-likeness (QED) is 0.671. The second-order valence-corrected chi connectivity index (χ2v) is 5.44. The Bertz CT molecular complexity index is 417. The molecule has 0 bridgehead atoms. The van der Waals surface area contributed by atoms with Crippen molar-refractivity contribution >= 4 is 5.97 Å². The minimum atomic E-state index is -0.912. The van der Waals surface area contributed by atoms with Crippen molar-refractivity contribution in [2.75, 3.05) is 26.2 Å². The van der Waals surface area contributed by atoms with Crippen molar-refractivity contribution in [3.8, 4) is 5.75 Å². The number of ether oxygens (including phenoxy) is 1. The maximum absolute atomic E-state index is 10.7. The summed E-state index contributed by atoms with van der Waals surface area (Å²) in [5.41, 5.74) is 0.285. The number of rotatable bonds is 10. The van der Waals surface area contributed by atoms with E-state index >= 15 is 0 Å². The van der Waals surface area contributed by atoms with Crippen LogP contribution >= 0.6 is 0 Å². The highest BCUT2D eigenvalue weighted by molar-refractivity contribution is 5.87. The first-order valence-corrected chi connectivity index (χ1v) is 7.75. The average Bonchev–Trinajstić information content (AvgIpc) is 2.50. The molecule has 1 N–H and O–H groups in total. The van der Waals surface area contributed by atoms with Crippen LogP contribution < -0.4 is 4.74 Å². The summed E-state index contributed by atoms with van der Waals surface area (Å²) >= 11 is 0. The summed E-state index contributed by atoms with van der Waals surface area (Å²) in [7, 11) is 0. The van der Waals surface area contributed by atoms with Gasteiger partial charge in [0.15, 0.2) is 0 Å². The van der Waals surface area contributed by atoms with E-state index in [1.54, 1.807) is 24.3 Å². The lowest BCUT2D eigenvalue weighted by Gasteiger charge is -2.23. The Morgan fingerprint density at radius 1 is 1.29 bits per heavy atom. The third-order valence-electron chi connectivity index (χ3n) is 3.70. The van der Waals surface area contributed by atoms with Crippen LogP contribution in [-0.2, 0) is 0 Å². The van der Waals surface area contributed by atoms with Crippen LogP contribution in [0.4, 0.5) is 0 Å². The lowest BCUT2D eigenvalue weighted by Crippen LogP contribution is -2.30. The van der Waals surface area contributed by atoms with Gasteiger partial charge in [-0.3, -0.25) is 0 Å². The maximum Gasteiger partial charge on any atom is 0.335 e. The molecular formula is C17H27NO3. The van der Waals surface area contributed by atoms with Crippen molar-refractivity contribution in [3.05, 3.63) is 29.8 Å². The van der Waals surface area contributed by atoms with Crippen molar-refractivity contribution in [1.82, 2.24) is 4.90 Å². The highest BCUT2D eigenvalue weighted by atomic mass is 16.5. The molecule has 0 radical (unpaired) electrons. The van der Waals surface area contributed by atoms with Crippen LogP contribution in [0.15, 0.2) is 24.3 Å². The minimum Gasteiger partial charge on any atom is -0.494 e. The molecule has 0 aliphatic carbocycles. The van der Waals surface area contributed by atoms with E-state index in [9.17, 15) is 4.79 Å². The van der Waals surface area contributed by atoms with Gasteiger partial charge in [0.05, 0.1) is 12.2 Å². The molecule has 1 aromatic rings. The van der Waals surface area contributed by atoms with Gasteiger partial charge in [-0.05, 0) is 43.1 Å². The van der Waals surface area contributed by atoms with Crippen molar-refractivity contribution in [3.63, 3.8) is 0 Å². The molecule has 1 unspecified atom stereocenters. The van der Waals surface area contributed by atoms with Gasteiger partial charge in [-0.1, -0.05) is 27.2 Å². The number of hydrogen-bond donors (Lipinski definition) is 1. The highest BCUT2D eigenvalue weighted by Gasteiger charge is 2.07. The predicted molar refractivity (Wildman–Crippen MR) is 85.1 cm³/mol. The fourth-order valence-corrected chi connectivity index (χ4v) is 2.12. The first kappa shape index (κ1) is 17.5. The summed E-state index contributed by atoms with van der Waals surface area (Å²) in [5.74, 6) is 0.546. The summed E-state index contributed by atoms with van der Waals surface area (Å²) in [5, 5.41) is 8.82. The monoisotopic (exact) mass is 293 g/mol. The number of carboxylic acids is 1. The van der Waals surface area contributed by atoms with Crippen molar-refractivity contribution < 1.29 is 14.6 Å². The van der Waals surface area contributed by atoms with E-state index in [0.717, 1.165) is 37.7 Å². The van der Waals surface area contributed by atoms with Crippen LogP contribution in [0.3, 0.4) is 0 Å². The molecule has 1 rings (SSSR count). The smallest absolute Gasteiger partial charge is 0.335 e. The van der Waals surface area contributed by atoms with E-state index in [1.165, 1.54) is 6.42 Å². The zero-order chi connectivity index (χ0) is 15.7. The molecule has 0 spiro atoms. The average molecular weight is 293 g/mol. The van der Waals surface area contributed by atoms with E-state index in [1.807, 2.05) is 0 Å². The van der Waals surface area contributed by atoms with Crippen molar-refractivity contribution in [1.29, 1.82) is 0 Å². The minimum absolute atomic E-state index is 0.285. The van der Waals surface area contributed by atoms with Crippen LogP contribution in [0.2, 0.25) is 0 Å². The molecule has 0 saturated carbocycles. The molecule has 0 fully saturated rings. The third-order valence-corrected chi connectivity index (χ3v) is 3.70. The molecule has 118 valence electrons. The number of aromatic carboxylic acids is 1. The third kappa shape index (κ3) is 6.63. The predicted octanol–water partition coefficient (Wildman–Crippen LogP) is 3.52. The fourth-order valence-electron chi connectivity index (χ4n) is 2.12.